The van der Waals surface area contributed by atoms with Crippen molar-refractivity contribution in [1.82, 2.24) is 4.57 Å². The molecule has 0 bridgehead atoms. The molecule has 5 nitrogen and oxygen atoms in total. The van der Waals surface area contributed by atoms with Gasteiger partial charge in [0.15, 0.2) is 0 Å². The molecule has 118 valence electrons. The highest BCUT2D eigenvalue weighted by atomic mass is 32.2. The highest BCUT2D eigenvalue weighted by Gasteiger charge is 2.36. The van der Waals surface area contributed by atoms with Crippen LogP contribution >= 0.6 is 11.8 Å². The van der Waals surface area contributed by atoms with Gasteiger partial charge in [-0.25, -0.2) is 4.90 Å². The number of anilines is 1. The fraction of sp³-hybridized carbons (Fsp3) is 0.176. The highest BCUT2D eigenvalue weighted by molar-refractivity contribution is 8.19. The molecule has 2 aromatic rings. The monoisotopic (exact) mass is 328 g/mol. The summed E-state index contributed by atoms with van der Waals surface area (Å²) in [7, 11) is 1.89. The predicted molar refractivity (Wildman–Crippen MR) is 91.5 cm³/mol. The number of amides is 2. The van der Waals surface area contributed by atoms with E-state index in [1.54, 1.807) is 30.3 Å². The summed E-state index contributed by atoms with van der Waals surface area (Å²) in [5, 5.41) is -0.292. The average molecular weight is 328 g/mol. The summed E-state index contributed by atoms with van der Waals surface area (Å²) in [6, 6.07) is 10.7. The van der Waals surface area contributed by atoms with Crippen LogP contribution in [0.2, 0.25) is 0 Å². The standard InChI is InChI=1S/C17H16N2O3S/c1-3-22-14-8-6-12(7-9-14)19-16(20)15(23-17(19)21)11-13-5-4-10-18(13)2/h4-11H,3H2,1-2H3/b15-11+. The number of imide groups is 1. The number of rotatable bonds is 4. The number of carbonyl (C=O) groups excluding carboxylic acids is 2. The molecule has 0 atom stereocenters. The Balaban J connectivity index is 1.87. The molecule has 0 radical (unpaired) electrons. The first-order valence-electron chi connectivity index (χ1n) is 7.22. The van der Waals surface area contributed by atoms with E-state index < -0.39 is 0 Å². The Morgan fingerprint density at radius 1 is 1.17 bits per heavy atom. The third-order valence-electron chi connectivity index (χ3n) is 3.46. The topological polar surface area (TPSA) is 51.5 Å². The molecule has 1 saturated heterocycles. The van der Waals surface area contributed by atoms with Crippen LogP contribution in [0.1, 0.15) is 12.6 Å². The molecular weight excluding hydrogens is 312 g/mol. The van der Waals surface area contributed by atoms with Gasteiger partial charge >= 0.3 is 0 Å². The van der Waals surface area contributed by atoms with Gasteiger partial charge in [-0.15, -0.1) is 0 Å². The number of carbonyl (C=O) groups is 2. The minimum Gasteiger partial charge on any atom is -0.494 e. The summed E-state index contributed by atoms with van der Waals surface area (Å²) in [4.78, 5) is 26.4. The zero-order chi connectivity index (χ0) is 16.4. The lowest BCUT2D eigenvalue weighted by molar-refractivity contribution is -0.113. The van der Waals surface area contributed by atoms with Crippen molar-refractivity contribution in [2.24, 2.45) is 7.05 Å². The fourth-order valence-corrected chi connectivity index (χ4v) is 3.13. The summed E-state index contributed by atoms with van der Waals surface area (Å²) in [5.41, 5.74) is 1.42. The molecular formula is C17H16N2O3S. The molecule has 1 aliphatic heterocycles. The maximum Gasteiger partial charge on any atom is 0.298 e. The van der Waals surface area contributed by atoms with E-state index in [4.69, 9.17) is 4.74 Å². The lowest BCUT2D eigenvalue weighted by Crippen LogP contribution is -2.27. The van der Waals surface area contributed by atoms with Crippen LogP contribution in [0.4, 0.5) is 10.5 Å². The van der Waals surface area contributed by atoms with Gasteiger partial charge in [0, 0.05) is 18.9 Å². The summed E-state index contributed by atoms with van der Waals surface area (Å²) >= 11 is 0.952. The van der Waals surface area contributed by atoms with E-state index in [0.29, 0.717) is 22.9 Å². The second kappa shape index (κ2) is 6.34. The van der Waals surface area contributed by atoms with Crippen LogP contribution in [0, 0.1) is 0 Å². The molecule has 6 heteroatoms. The van der Waals surface area contributed by atoms with Gasteiger partial charge in [0.1, 0.15) is 5.75 Å². The quantitative estimate of drug-likeness (QED) is 0.804. The van der Waals surface area contributed by atoms with E-state index in [-0.39, 0.29) is 11.1 Å². The number of aryl methyl sites for hydroxylation is 1. The van der Waals surface area contributed by atoms with E-state index in [1.807, 2.05) is 36.9 Å². The van der Waals surface area contributed by atoms with Crippen molar-refractivity contribution in [3.63, 3.8) is 0 Å². The van der Waals surface area contributed by atoms with E-state index in [0.717, 1.165) is 17.5 Å². The number of nitrogens with zero attached hydrogens (tertiary/aromatic N) is 2. The van der Waals surface area contributed by atoms with Crippen LogP contribution in [-0.2, 0) is 11.8 Å². The number of ether oxygens (including phenoxy) is 1. The molecule has 23 heavy (non-hydrogen) atoms. The molecule has 3 rings (SSSR count). The molecule has 0 spiro atoms. The smallest absolute Gasteiger partial charge is 0.298 e. The van der Waals surface area contributed by atoms with E-state index in [2.05, 4.69) is 0 Å². The van der Waals surface area contributed by atoms with Gasteiger partial charge in [-0.3, -0.25) is 9.59 Å². The number of hydrogen-bond donors (Lipinski definition) is 0. The molecule has 0 aliphatic carbocycles. The Kier molecular flexibility index (Phi) is 4.25. The Bertz CT molecular complexity index is 777. The van der Waals surface area contributed by atoms with Crippen molar-refractivity contribution < 1.29 is 14.3 Å². The molecule has 1 aromatic carbocycles. The molecule has 0 saturated carbocycles. The molecule has 2 heterocycles. The van der Waals surface area contributed by atoms with Crippen molar-refractivity contribution >= 4 is 34.7 Å². The van der Waals surface area contributed by atoms with Crippen LogP contribution in [0.5, 0.6) is 5.75 Å². The lowest BCUT2D eigenvalue weighted by atomic mass is 10.2. The first-order valence-corrected chi connectivity index (χ1v) is 8.04. The van der Waals surface area contributed by atoms with Crippen molar-refractivity contribution in [2.75, 3.05) is 11.5 Å². The maximum atomic E-state index is 12.5. The lowest BCUT2D eigenvalue weighted by Gasteiger charge is -2.13. The van der Waals surface area contributed by atoms with Gasteiger partial charge < -0.3 is 9.30 Å². The van der Waals surface area contributed by atoms with Crippen molar-refractivity contribution in [2.45, 2.75) is 6.92 Å². The van der Waals surface area contributed by atoms with Crippen molar-refractivity contribution in [3.05, 3.63) is 53.2 Å². The van der Waals surface area contributed by atoms with Crippen molar-refractivity contribution in [1.29, 1.82) is 0 Å². The van der Waals surface area contributed by atoms with E-state index in [1.165, 1.54) is 4.90 Å². The van der Waals surface area contributed by atoms with E-state index >= 15 is 0 Å². The number of benzene rings is 1. The Morgan fingerprint density at radius 2 is 1.91 bits per heavy atom. The molecule has 1 fully saturated rings. The second-order valence-electron chi connectivity index (χ2n) is 4.99. The first-order chi connectivity index (χ1) is 11.1. The molecule has 1 aliphatic rings. The van der Waals surface area contributed by atoms with Crippen LogP contribution < -0.4 is 9.64 Å². The third kappa shape index (κ3) is 3.03. The summed E-state index contributed by atoms with van der Waals surface area (Å²) in [5.74, 6) is 0.410. The minimum atomic E-state index is -0.301. The zero-order valence-electron chi connectivity index (χ0n) is 12.9. The summed E-state index contributed by atoms with van der Waals surface area (Å²) in [6.07, 6.45) is 3.63. The largest absolute Gasteiger partial charge is 0.494 e. The average Bonchev–Trinajstić information content (AvgIpc) is 3.05. The van der Waals surface area contributed by atoms with Crippen LogP contribution in [-0.4, -0.2) is 22.3 Å². The summed E-state index contributed by atoms with van der Waals surface area (Å²) in [6.45, 7) is 2.47. The van der Waals surface area contributed by atoms with Gasteiger partial charge in [-0.1, -0.05) is 0 Å². The van der Waals surface area contributed by atoms with Crippen molar-refractivity contribution in [3.8, 4) is 5.75 Å². The third-order valence-corrected chi connectivity index (χ3v) is 4.33. The first kappa shape index (κ1) is 15.4. The molecule has 2 amide bonds. The Hall–Kier alpha value is -2.47. The fourth-order valence-electron chi connectivity index (χ4n) is 2.31. The zero-order valence-corrected chi connectivity index (χ0v) is 13.7. The van der Waals surface area contributed by atoms with Gasteiger partial charge in [0.2, 0.25) is 0 Å². The Labute approximate surface area is 138 Å². The van der Waals surface area contributed by atoms with Crippen LogP contribution in [0.3, 0.4) is 0 Å². The molecule has 1 aromatic heterocycles. The SMILES string of the molecule is CCOc1ccc(N2C(=O)S/C(=C/c3cccn3C)C2=O)cc1. The highest BCUT2D eigenvalue weighted by Crippen LogP contribution is 2.36. The van der Waals surface area contributed by atoms with Gasteiger partial charge in [-0.2, -0.15) is 0 Å². The van der Waals surface area contributed by atoms with Crippen LogP contribution in [0.25, 0.3) is 6.08 Å². The summed E-state index contributed by atoms with van der Waals surface area (Å²) < 4.78 is 7.27. The van der Waals surface area contributed by atoms with Gasteiger partial charge in [0.05, 0.1) is 17.2 Å². The predicted octanol–water partition coefficient (Wildman–Crippen LogP) is 3.66. The second-order valence-corrected chi connectivity index (χ2v) is 5.98. The molecule has 0 unspecified atom stereocenters. The van der Waals surface area contributed by atoms with Gasteiger partial charge in [-0.05, 0) is 61.2 Å². The van der Waals surface area contributed by atoms with Gasteiger partial charge in [0.25, 0.3) is 11.1 Å². The van der Waals surface area contributed by atoms with E-state index in [9.17, 15) is 9.59 Å². The van der Waals surface area contributed by atoms with Crippen LogP contribution in [0.15, 0.2) is 47.5 Å². The Morgan fingerprint density at radius 3 is 2.52 bits per heavy atom. The normalized spacial score (nSPS) is 16.4. The maximum absolute atomic E-state index is 12.5. The number of hydrogen-bond acceptors (Lipinski definition) is 4. The number of thioether (sulfide) groups is 1. The minimum absolute atomic E-state index is 0.292. The molecule has 0 N–H and O–H groups in total. The number of aromatic nitrogens is 1.